The molecule has 0 saturated heterocycles. The summed E-state index contributed by atoms with van der Waals surface area (Å²) in [6, 6.07) is 7.49. The predicted octanol–water partition coefficient (Wildman–Crippen LogP) is 3.17. The number of carbonyl (C=O) groups excluding carboxylic acids is 2. The first-order chi connectivity index (χ1) is 15.0. The Morgan fingerprint density at radius 1 is 1.00 bits per heavy atom. The van der Waals surface area contributed by atoms with Gasteiger partial charge in [0.05, 0.1) is 11.5 Å². The van der Waals surface area contributed by atoms with Gasteiger partial charge in [-0.05, 0) is 88.1 Å². The molecule has 0 aliphatic heterocycles. The highest BCUT2D eigenvalue weighted by Crippen LogP contribution is 2.26. The molecular weight excluding hydrogens is 432 g/mol. The molecule has 0 aliphatic carbocycles. The Morgan fingerprint density at radius 3 is 2.09 bits per heavy atom. The van der Waals surface area contributed by atoms with Crippen molar-refractivity contribution in [1.29, 1.82) is 0 Å². The Kier molecular flexibility index (Phi) is 8.40. The Labute approximate surface area is 189 Å². The van der Waals surface area contributed by atoms with Crippen LogP contribution in [0.25, 0.3) is 0 Å². The molecule has 0 bridgehead atoms. The summed E-state index contributed by atoms with van der Waals surface area (Å²) in [5.41, 5.74) is 3.44. The third-order valence-corrected chi connectivity index (χ3v) is 6.86. The van der Waals surface area contributed by atoms with E-state index in [4.69, 9.17) is 9.47 Å². The summed E-state index contributed by atoms with van der Waals surface area (Å²) in [5.74, 6) is -0.721. The Morgan fingerprint density at radius 2 is 1.56 bits per heavy atom. The smallest absolute Gasteiger partial charge is 0.324 e. The van der Waals surface area contributed by atoms with Gasteiger partial charge in [0.1, 0.15) is 11.8 Å². The standard InChI is InChI=1S/C23H30N2O6S/c1-7-30-20-10-8-19(9-11-20)24-21(26)13-31-23(27)18(6)25-32(28,29)22-16(4)14(2)12-15(3)17(22)5/h8-12,18,25H,7,13H2,1-6H3,(H,24,26)/t18-/m1/s1. The maximum absolute atomic E-state index is 12.9. The van der Waals surface area contributed by atoms with Crippen molar-refractivity contribution in [2.45, 2.75) is 52.5 Å². The first kappa shape index (κ1) is 25.4. The van der Waals surface area contributed by atoms with Gasteiger partial charge in [0.15, 0.2) is 6.61 Å². The van der Waals surface area contributed by atoms with E-state index >= 15 is 0 Å². The molecule has 1 amide bonds. The summed E-state index contributed by atoms with van der Waals surface area (Å²) in [4.78, 5) is 24.5. The van der Waals surface area contributed by atoms with Crippen LogP contribution in [-0.4, -0.2) is 39.5 Å². The van der Waals surface area contributed by atoms with Crippen LogP contribution >= 0.6 is 0 Å². The summed E-state index contributed by atoms with van der Waals surface area (Å²) in [5, 5.41) is 2.60. The Hall–Kier alpha value is -2.91. The molecule has 2 aromatic carbocycles. The van der Waals surface area contributed by atoms with Crippen LogP contribution in [0, 0.1) is 27.7 Å². The molecule has 0 heterocycles. The molecule has 32 heavy (non-hydrogen) atoms. The predicted molar refractivity (Wildman–Crippen MR) is 122 cm³/mol. The van der Waals surface area contributed by atoms with E-state index in [0.29, 0.717) is 29.2 Å². The van der Waals surface area contributed by atoms with Gasteiger partial charge in [0.2, 0.25) is 10.0 Å². The van der Waals surface area contributed by atoms with Crippen LogP contribution in [0.5, 0.6) is 5.75 Å². The van der Waals surface area contributed by atoms with E-state index in [1.807, 2.05) is 26.8 Å². The third-order valence-electron chi connectivity index (χ3n) is 5.05. The summed E-state index contributed by atoms with van der Waals surface area (Å²) < 4.78 is 38.5. The number of aryl methyl sites for hydroxylation is 2. The molecule has 0 fully saturated rings. The highest BCUT2D eigenvalue weighted by atomic mass is 32.2. The SMILES string of the molecule is CCOc1ccc(NC(=O)COC(=O)[C@@H](C)NS(=O)(=O)c2c(C)c(C)cc(C)c2C)cc1. The van der Waals surface area contributed by atoms with Crippen LogP contribution in [0.1, 0.15) is 36.1 Å². The third kappa shape index (κ3) is 6.30. The van der Waals surface area contributed by atoms with E-state index in [9.17, 15) is 18.0 Å². The van der Waals surface area contributed by atoms with Gasteiger partial charge in [-0.2, -0.15) is 4.72 Å². The molecule has 0 saturated carbocycles. The first-order valence-corrected chi connectivity index (χ1v) is 11.7. The van der Waals surface area contributed by atoms with Crippen molar-refractivity contribution < 1.29 is 27.5 Å². The molecule has 174 valence electrons. The molecule has 2 rings (SSSR count). The van der Waals surface area contributed by atoms with Crippen LogP contribution < -0.4 is 14.8 Å². The highest BCUT2D eigenvalue weighted by Gasteiger charge is 2.27. The van der Waals surface area contributed by atoms with E-state index in [1.165, 1.54) is 6.92 Å². The lowest BCUT2D eigenvalue weighted by Crippen LogP contribution is -2.41. The number of nitrogens with one attached hydrogen (secondary N) is 2. The lowest BCUT2D eigenvalue weighted by molar-refractivity contribution is -0.148. The minimum absolute atomic E-state index is 0.155. The lowest BCUT2D eigenvalue weighted by atomic mass is 10.0. The fraction of sp³-hybridized carbons (Fsp3) is 0.391. The fourth-order valence-corrected chi connectivity index (χ4v) is 4.99. The number of rotatable bonds is 9. The van der Waals surface area contributed by atoms with Crippen molar-refractivity contribution in [3.63, 3.8) is 0 Å². The first-order valence-electron chi connectivity index (χ1n) is 10.2. The molecule has 0 spiro atoms. The topological polar surface area (TPSA) is 111 Å². The van der Waals surface area contributed by atoms with E-state index in [0.717, 1.165) is 11.1 Å². The monoisotopic (exact) mass is 462 g/mol. The van der Waals surface area contributed by atoms with Gasteiger partial charge < -0.3 is 14.8 Å². The minimum atomic E-state index is -3.97. The van der Waals surface area contributed by atoms with Gasteiger partial charge >= 0.3 is 5.97 Å². The van der Waals surface area contributed by atoms with Crippen molar-refractivity contribution in [2.75, 3.05) is 18.5 Å². The van der Waals surface area contributed by atoms with Crippen LogP contribution in [0.15, 0.2) is 35.2 Å². The van der Waals surface area contributed by atoms with E-state index in [-0.39, 0.29) is 4.90 Å². The van der Waals surface area contributed by atoms with Crippen LogP contribution in [-0.2, 0) is 24.3 Å². The zero-order valence-corrected chi connectivity index (χ0v) is 20.1. The van der Waals surface area contributed by atoms with E-state index < -0.39 is 34.5 Å². The highest BCUT2D eigenvalue weighted by molar-refractivity contribution is 7.89. The van der Waals surface area contributed by atoms with E-state index in [1.54, 1.807) is 38.1 Å². The number of ether oxygens (including phenoxy) is 2. The number of carbonyl (C=O) groups is 2. The molecule has 2 aromatic rings. The number of esters is 1. The van der Waals surface area contributed by atoms with Gasteiger partial charge in [0.25, 0.3) is 5.91 Å². The van der Waals surface area contributed by atoms with Crippen LogP contribution in [0.2, 0.25) is 0 Å². The van der Waals surface area contributed by atoms with Gasteiger partial charge in [-0.25, -0.2) is 8.42 Å². The number of hydrogen-bond acceptors (Lipinski definition) is 6. The summed E-state index contributed by atoms with van der Waals surface area (Å²) >= 11 is 0. The normalized spacial score (nSPS) is 12.2. The molecule has 0 aliphatic rings. The lowest BCUT2D eigenvalue weighted by Gasteiger charge is -2.18. The number of hydrogen-bond donors (Lipinski definition) is 2. The van der Waals surface area contributed by atoms with E-state index in [2.05, 4.69) is 10.0 Å². The molecule has 8 nitrogen and oxygen atoms in total. The molecule has 2 N–H and O–H groups in total. The summed E-state index contributed by atoms with van der Waals surface area (Å²) in [6.07, 6.45) is 0. The zero-order chi connectivity index (χ0) is 24.1. The number of benzene rings is 2. The maximum atomic E-state index is 12.9. The second-order valence-electron chi connectivity index (χ2n) is 7.55. The zero-order valence-electron chi connectivity index (χ0n) is 19.2. The van der Waals surface area contributed by atoms with Gasteiger partial charge in [0, 0.05) is 5.69 Å². The average molecular weight is 463 g/mol. The van der Waals surface area contributed by atoms with Crippen molar-refractivity contribution in [2.24, 2.45) is 0 Å². The number of amides is 1. The van der Waals surface area contributed by atoms with Crippen LogP contribution in [0.3, 0.4) is 0 Å². The average Bonchev–Trinajstić information content (AvgIpc) is 2.71. The minimum Gasteiger partial charge on any atom is -0.494 e. The second kappa shape index (κ2) is 10.6. The molecule has 0 radical (unpaired) electrons. The van der Waals surface area contributed by atoms with Crippen molar-refractivity contribution >= 4 is 27.6 Å². The van der Waals surface area contributed by atoms with Crippen molar-refractivity contribution in [3.05, 3.63) is 52.6 Å². The second-order valence-corrected chi connectivity index (χ2v) is 9.20. The number of anilines is 1. The number of sulfonamides is 1. The molecule has 0 unspecified atom stereocenters. The Balaban J connectivity index is 1.97. The van der Waals surface area contributed by atoms with Gasteiger partial charge in [-0.15, -0.1) is 0 Å². The Bertz CT molecular complexity index is 1070. The molecule has 1 atom stereocenters. The largest absolute Gasteiger partial charge is 0.494 e. The van der Waals surface area contributed by atoms with Gasteiger partial charge in [-0.1, -0.05) is 6.07 Å². The molecular formula is C23H30N2O6S. The molecule has 9 heteroatoms. The fourth-order valence-electron chi connectivity index (χ4n) is 3.18. The van der Waals surface area contributed by atoms with Crippen molar-refractivity contribution in [1.82, 2.24) is 4.72 Å². The summed E-state index contributed by atoms with van der Waals surface area (Å²) in [7, 11) is -3.97. The molecule has 0 aromatic heterocycles. The quantitative estimate of drug-likeness (QED) is 0.554. The van der Waals surface area contributed by atoms with Gasteiger partial charge in [-0.3, -0.25) is 9.59 Å². The summed E-state index contributed by atoms with van der Waals surface area (Å²) in [6.45, 7) is 10.4. The maximum Gasteiger partial charge on any atom is 0.324 e. The van der Waals surface area contributed by atoms with Crippen LogP contribution in [0.4, 0.5) is 5.69 Å². The van der Waals surface area contributed by atoms with Crippen molar-refractivity contribution in [3.8, 4) is 5.75 Å².